The molecule has 0 radical (unpaired) electrons. The van der Waals surface area contributed by atoms with Crippen LogP contribution in [0.25, 0.3) is 0 Å². The van der Waals surface area contributed by atoms with Gasteiger partial charge in [0.05, 0.1) is 19.8 Å². The van der Waals surface area contributed by atoms with Crippen LogP contribution in [0.15, 0.2) is 36.4 Å². The molecule has 2 aromatic rings. The number of benzene rings is 2. The van der Waals surface area contributed by atoms with Gasteiger partial charge in [-0.05, 0) is 47.9 Å². The van der Waals surface area contributed by atoms with Crippen LogP contribution in [0, 0.1) is 0 Å². The van der Waals surface area contributed by atoms with Crippen LogP contribution in [0.2, 0.25) is 0 Å². The minimum absolute atomic E-state index is 0.00647. The number of hydrogen-bond acceptors (Lipinski definition) is 4. The SMILES string of the molecule is COc1cc2c(cc1OC)CN(C(=O)COc1cccc(C(F)(F)F)c1)CC2. The Morgan fingerprint density at radius 2 is 1.75 bits per heavy atom. The monoisotopic (exact) mass is 395 g/mol. The first-order valence-corrected chi connectivity index (χ1v) is 8.63. The Morgan fingerprint density at radius 1 is 1.07 bits per heavy atom. The Labute approximate surface area is 160 Å². The van der Waals surface area contributed by atoms with Gasteiger partial charge in [0.15, 0.2) is 18.1 Å². The van der Waals surface area contributed by atoms with Crippen molar-refractivity contribution >= 4 is 5.91 Å². The molecule has 0 unspecified atom stereocenters. The van der Waals surface area contributed by atoms with E-state index in [2.05, 4.69) is 0 Å². The minimum Gasteiger partial charge on any atom is -0.493 e. The third-order valence-corrected chi connectivity index (χ3v) is 4.59. The average Bonchev–Trinajstić information content (AvgIpc) is 2.70. The van der Waals surface area contributed by atoms with Crippen molar-refractivity contribution < 1.29 is 32.2 Å². The standard InChI is InChI=1S/C20H20F3NO4/c1-26-17-8-13-6-7-24(11-14(13)9-18(17)27-2)19(25)12-28-16-5-3-4-15(10-16)20(21,22)23/h3-5,8-10H,6-7,11-12H2,1-2H3. The summed E-state index contributed by atoms with van der Waals surface area (Å²) in [5.74, 6) is 0.925. The molecule has 5 nitrogen and oxygen atoms in total. The van der Waals surface area contributed by atoms with Gasteiger partial charge in [-0.25, -0.2) is 0 Å². The largest absolute Gasteiger partial charge is 0.493 e. The van der Waals surface area contributed by atoms with Crippen LogP contribution in [-0.4, -0.2) is 38.2 Å². The topological polar surface area (TPSA) is 48.0 Å². The van der Waals surface area contributed by atoms with E-state index in [-0.39, 0.29) is 18.3 Å². The number of methoxy groups -OCH3 is 2. The van der Waals surface area contributed by atoms with Crippen molar-refractivity contribution in [1.29, 1.82) is 0 Å². The van der Waals surface area contributed by atoms with E-state index >= 15 is 0 Å². The van der Waals surface area contributed by atoms with E-state index in [0.29, 0.717) is 31.0 Å². The van der Waals surface area contributed by atoms with Crippen LogP contribution >= 0.6 is 0 Å². The van der Waals surface area contributed by atoms with Crippen molar-refractivity contribution in [1.82, 2.24) is 4.90 Å². The average molecular weight is 395 g/mol. The zero-order valence-corrected chi connectivity index (χ0v) is 15.5. The summed E-state index contributed by atoms with van der Waals surface area (Å²) in [7, 11) is 3.10. The molecule has 28 heavy (non-hydrogen) atoms. The first-order valence-electron chi connectivity index (χ1n) is 8.63. The van der Waals surface area contributed by atoms with Gasteiger partial charge in [0.1, 0.15) is 5.75 Å². The van der Waals surface area contributed by atoms with Crippen LogP contribution in [0.3, 0.4) is 0 Å². The van der Waals surface area contributed by atoms with Gasteiger partial charge in [-0.3, -0.25) is 4.79 Å². The van der Waals surface area contributed by atoms with Crippen LogP contribution in [-0.2, 0) is 23.9 Å². The quantitative estimate of drug-likeness (QED) is 0.775. The number of carbonyl (C=O) groups excluding carboxylic acids is 1. The van der Waals surface area contributed by atoms with Gasteiger partial charge in [0.2, 0.25) is 0 Å². The lowest BCUT2D eigenvalue weighted by Crippen LogP contribution is -2.38. The molecule has 150 valence electrons. The first kappa shape index (κ1) is 19.9. The molecule has 0 aliphatic carbocycles. The van der Waals surface area contributed by atoms with Crippen LogP contribution < -0.4 is 14.2 Å². The smallest absolute Gasteiger partial charge is 0.416 e. The van der Waals surface area contributed by atoms with Gasteiger partial charge >= 0.3 is 6.18 Å². The molecule has 0 N–H and O–H groups in total. The van der Waals surface area contributed by atoms with E-state index in [1.54, 1.807) is 19.1 Å². The molecule has 0 spiro atoms. The fourth-order valence-corrected chi connectivity index (χ4v) is 3.09. The maximum atomic E-state index is 12.8. The molecule has 0 fully saturated rings. The molecule has 1 amide bonds. The van der Waals surface area contributed by atoms with E-state index in [4.69, 9.17) is 14.2 Å². The molecule has 0 aromatic heterocycles. The Bertz CT molecular complexity index is 867. The number of nitrogens with zero attached hydrogens (tertiary/aromatic N) is 1. The number of hydrogen-bond donors (Lipinski definition) is 0. The Balaban J connectivity index is 1.65. The zero-order valence-electron chi connectivity index (χ0n) is 15.5. The van der Waals surface area contributed by atoms with E-state index < -0.39 is 11.7 Å². The number of halogens is 3. The van der Waals surface area contributed by atoms with Gasteiger partial charge in [-0.1, -0.05) is 6.07 Å². The summed E-state index contributed by atoms with van der Waals surface area (Å²) in [6, 6.07) is 8.22. The molecule has 2 aromatic carbocycles. The van der Waals surface area contributed by atoms with Crippen molar-refractivity contribution in [2.75, 3.05) is 27.4 Å². The summed E-state index contributed by atoms with van der Waals surface area (Å²) in [4.78, 5) is 14.1. The third-order valence-electron chi connectivity index (χ3n) is 4.59. The van der Waals surface area contributed by atoms with Crippen molar-refractivity contribution in [3.8, 4) is 17.2 Å². The van der Waals surface area contributed by atoms with Gasteiger partial charge in [0, 0.05) is 13.1 Å². The second kappa shape index (κ2) is 8.00. The Kier molecular flexibility index (Phi) is 5.67. The summed E-state index contributed by atoms with van der Waals surface area (Å²) in [5.41, 5.74) is 1.20. The number of carbonyl (C=O) groups is 1. The Hall–Kier alpha value is -2.90. The predicted molar refractivity (Wildman–Crippen MR) is 95.6 cm³/mol. The van der Waals surface area contributed by atoms with Crippen LogP contribution in [0.5, 0.6) is 17.2 Å². The van der Waals surface area contributed by atoms with Crippen LogP contribution in [0.4, 0.5) is 13.2 Å². The fourth-order valence-electron chi connectivity index (χ4n) is 3.09. The number of fused-ring (bicyclic) bond motifs is 1. The number of alkyl halides is 3. The lowest BCUT2D eigenvalue weighted by atomic mass is 9.99. The van der Waals surface area contributed by atoms with Crippen molar-refractivity contribution in [3.05, 3.63) is 53.1 Å². The summed E-state index contributed by atoms with van der Waals surface area (Å²) >= 11 is 0. The number of amides is 1. The van der Waals surface area contributed by atoms with Crippen molar-refractivity contribution in [3.63, 3.8) is 0 Å². The van der Waals surface area contributed by atoms with E-state index in [1.165, 1.54) is 12.1 Å². The molecular formula is C20H20F3NO4. The molecule has 0 atom stereocenters. The molecule has 1 heterocycles. The van der Waals surface area contributed by atoms with Gasteiger partial charge in [-0.15, -0.1) is 0 Å². The van der Waals surface area contributed by atoms with Crippen molar-refractivity contribution in [2.45, 2.75) is 19.1 Å². The van der Waals surface area contributed by atoms with E-state index in [9.17, 15) is 18.0 Å². The number of rotatable bonds is 5. The van der Waals surface area contributed by atoms with Gasteiger partial charge < -0.3 is 19.1 Å². The second-order valence-electron chi connectivity index (χ2n) is 6.36. The molecule has 0 saturated carbocycles. The maximum Gasteiger partial charge on any atom is 0.416 e. The summed E-state index contributed by atoms with van der Waals surface area (Å²) in [5, 5.41) is 0. The highest BCUT2D eigenvalue weighted by molar-refractivity contribution is 5.78. The normalized spacial score (nSPS) is 13.7. The highest BCUT2D eigenvalue weighted by Gasteiger charge is 2.30. The summed E-state index contributed by atoms with van der Waals surface area (Å²) in [6.07, 6.45) is -3.81. The molecule has 3 rings (SSSR count). The van der Waals surface area contributed by atoms with Gasteiger partial charge in [-0.2, -0.15) is 13.2 Å². The molecule has 1 aliphatic heterocycles. The van der Waals surface area contributed by atoms with E-state index in [1.807, 2.05) is 12.1 Å². The van der Waals surface area contributed by atoms with Crippen molar-refractivity contribution in [2.24, 2.45) is 0 Å². The molecule has 0 bridgehead atoms. The molecular weight excluding hydrogens is 375 g/mol. The zero-order chi connectivity index (χ0) is 20.3. The first-order chi connectivity index (χ1) is 13.3. The second-order valence-corrected chi connectivity index (χ2v) is 6.36. The fraction of sp³-hybridized carbons (Fsp3) is 0.350. The predicted octanol–water partition coefficient (Wildman–Crippen LogP) is 3.69. The summed E-state index contributed by atoms with van der Waals surface area (Å²) in [6.45, 7) is 0.539. The third kappa shape index (κ3) is 4.32. The molecule has 0 saturated heterocycles. The van der Waals surface area contributed by atoms with E-state index in [0.717, 1.165) is 23.3 Å². The molecule has 8 heteroatoms. The van der Waals surface area contributed by atoms with Gasteiger partial charge in [0.25, 0.3) is 5.91 Å². The number of ether oxygens (including phenoxy) is 3. The highest BCUT2D eigenvalue weighted by atomic mass is 19.4. The highest BCUT2D eigenvalue weighted by Crippen LogP contribution is 2.33. The maximum absolute atomic E-state index is 12.8. The lowest BCUT2D eigenvalue weighted by molar-refractivity contribution is -0.137. The lowest BCUT2D eigenvalue weighted by Gasteiger charge is -2.29. The molecule has 1 aliphatic rings. The Morgan fingerprint density at radius 3 is 2.39 bits per heavy atom. The minimum atomic E-state index is -4.46. The summed E-state index contributed by atoms with van der Waals surface area (Å²) < 4.78 is 54.2. The van der Waals surface area contributed by atoms with Crippen LogP contribution in [0.1, 0.15) is 16.7 Å².